The summed E-state index contributed by atoms with van der Waals surface area (Å²) < 4.78 is 27.3. The fourth-order valence-corrected chi connectivity index (χ4v) is 4.97. The van der Waals surface area contributed by atoms with Crippen molar-refractivity contribution in [3.8, 4) is 0 Å². The van der Waals surface area contributed by atoms with Gasteiger partial charge in [0.15, 0.2) is 0 Å². The van der Waals surface area contributed by atoms with E-state index in [9.17, 15) is 18.3 Å². The van der Waals surface area contributed by atoms with E-state index in [1.807, 2.05) is 0 Å². The largest absolute Gasteiger partial charge is 0.478 e. The summed E-state index contributed by atoms with van der Waals surface area (Å²) in [7, 11) is -3.66. The number of sulfonamides is 1. The minimum atomic E-state index is -3.66. The van der Waals surface area contributed by atoms with E-state index in [0.29, 0.717) is 18.7 Å². The molecule has 1 aromatic rings. The number of hydrogen-bond acceptors (Lipinski definition) is 4. The number of carboxylic acid groups (broad SMARTS) is 1. The standard InChI is InChI=1S/C16H24N2O4S/c1-4-17(5-2)13-9-10-18(11-13)23(21,22)15-8-6-7-14(12(15)3)16(19)20/h6-8,13H,4-5,9-11H2,1-3H3,(H,19,20). The molecule has 7 heteroatoms. The van der Waals surface area contributed by atoms with Crippen LogP contribution in [-0.4, -0.2) is 60.9 Å². The Bertz CT molecular complexity index is 683. The number of likely N-dealkylation sites (N-methyl/N-ethyl adjacent to an activating group) is 1. The first-order valence-electron chi connectivity index (χ1n) is 7.90. The molecule has 1 heterocycles. The molecule has 0 aliphatic carbocycles. The van der Waals surface area contributed by atoms with Crippen molar-refractivity contribution in [2.45, 2.75) is 38.1 Å². The van der Waals surface area contributed by atoms with E-state index in [2.05, 4.69) is 18.7 Å². The minimum Gasteiger partial charge on any atom is -0.478 e. The fraction of sp³-hybridized carbons (Fsp3) is 0.562. The second-order valence-corrected chi connectivity index (χ2v) is 7.67. The van der Waals surface area contributed by atoms with Crippen molar-refractivity contribution in [1.29, 1.82) is 0 Å². The van der Waals surface area contributed by atoms with E-state index in [-0.39, 0.29) is 16.5 Å². The summed E-state index contributed by atoms with van der Waals surface area (Å²) in [5.74, 6) is -1.11. The lowest BCUT2D eigenvalue weighted by Gasteiger charge is -2.26. The smallest absolute Gasteiger partial charge is 0.335 e. The molecule has 1 N–H and O–H groups in total. The first-order valence-corrected chi connectivity index (χ1v) is 9.34. The molecule has 1 aliphatic heterocycles. The van der Waals surface area contributed by atoms with Crippen LogP contribution in [-0.2, 0) is 10.0 Å². The normalized spacial score (nSPS) is 19.4. The monoisotopic (exact) mass is 340 g/mol. The predicted octanol–water partition coefficient (Wildman–Crippen LogP) is 1.80. The summed E-state index contributed by atoms with van der Waals surface area (Å²) in [6.45, 7) is 8.41. The third kappa shape index (κ3) is 3.41. The van der Waals surface area contributed by atoms with E-state index in [4.69, 9.17) is 0 Å². The van der Waals surface area contributed by atoms with Crippen LogP contribution in [0.4, 0.5) is 0 Å². The molecule has 1 saturated heterocycles. The third-order valence-corrected chi connectivity index (χ3v) is 6.60. The molecule has 0 bridgehead atoms. The van der Waals surface area contributed by atoms with Gasteiger partial charge in [0.25, 0.3) is 0 Å². The topological polar surface area (TPSA) is 77.9 Å². The zero-order valence-electron chi connectivity index (χ0n) is 13.8. The molecule has 1 aliphatic rings. The number of carbonyl (C=O) groups is 1. The first-order chi connectivity index (χ1) is 10.8. The molecule has 128 valence electrons. The molecule has 0 radical (unpaired) electrons. The highest BCUT2D eigenvalue weighted by Gasteiger charge is 2.35. The molecule has 0 aromatic heterocycles. The van der Waals surface area contributed by atoms with Crippen LogP contribution in [0, 0.1) is 6.92 Å². The maximum absolute atomic E-state index is 12.9. The van der Waals surface area contributed by atoms with Crippen molar-refractivity contribution in [2.75, 3.05) is 26.2 Å². The molecule has 1 atom stereocenters. The second-order valence-electron chi connectivity index (χ2n) is 5.76. The Balaban J connectivity index is 2.30. The summed E-state index contributed by atoms with van der Waals surface area (Å²) in [5, 5.41) is 9.18. The van der Waals surface area contributed by atoms with Gasteiger partial charge in [-0.25, -0.2) is 13.2 Å². The fourth-order valence-electron chi connectivity index (χ4n) is 3.23. The molecule has 1 aromatic carbocycles. The molecule has 23 heavy (non-hydrogen) atoms. The van der Waals surface area contributed by atoms with Gasteiger partial charge in [-0.3, -0.25) is 4.90 Å². The van der Waals surface area contributed by atoms with Gasteiger partial charge in [0.05, 0.1) is 10.5 Å². The Labute approximate surface area is 137 Å². The van der Waals surface area contributed by atoms with Crippen LogP contribution in [0.25, 0.3) is 0 Å². The van der Waals surface area contributed by atoms with Crippen LogP contribution in [0.1, 0.15) is 36.2 Å². The summed E-state index contributed by atoms with van der Waals surface area (Å²) in [6, 6.07) is 4.63. The van der Waals surface area contributed by atoms with Gasteiger partial charge in [0.2, 0.25) is 10.0 Å². The Morgan fingerprint density at radius 2 is 2.00 bits per heavy atom. The molecule has 1 unspecified atom stereocenters. The summed E-state index contributed by atoms with van der Waals surface area (Å²) in [5.41, 5.74) is 0.330. The van der Waals surface area contributed by atoms with Crippen molar-refractivity contribution in [1.82, 2.24) is 9.21 Å². The second kappa shape index (κ2) is 6.98. The highest BCUT2D eigenvalue weighted by atomic mass is 32.2. The van der Waals surface area contributed by atoms with Gasteiger partial charge in [-0.2, -0.15) is 4.31 Å². The van der Waals surface area contributed by atoms with Crippen molar-refractivity contribution in [3.63, 3.8) is 0 Å². The van der Waals surface area contributed by atoms with Crippen LogP contribution in [0.3, 0.4) is 0 Å². The lowest BCUT2D eigenvalue weighted by atomic mass is 10.1. The molecule has 0 saturated carbocycles. The van der Waals surface area contributed by atoms with Gasteiger partial charge >= 0.3 is 5.97 Å². The average molecular weight is 340 g/mol. The Morgan fingerprint density at radius 3 is 2.57 bits per heavy atom. The highest BCUT2D eigenvalue weighted by Crippen LogP contribution is 2.27. The quantitative estimate of drug-likeness (QED) is 0.854. The van der Waals surface area contributed by atoms with Gasteiger partial charge in [-0.05, 0) is 44.1 Å². The van der Waals surface area contributed by atoms with Gasteiger partial charge < -0.3 is 5.11 Å². The minimum absolute atomic E-state index is 0.0329. The number of carboxylic acids is 1. The zero-order chi connectivity index (χ0) is 17.2. The van der Waals surface area contributed by atoms with Crippen LogP contribution >= 0.6 is 0 Å². The van der Waals surface area contributed by atoms with Gasteiger partial charge in [-0.15, -0.1) is 0 Å². The predicted molar refractivity (Wildman–Crippen MR) is 88.2 cm³/mol. The lowest BCUT2D eigenvalue weighted by Crippen LogP contribution is -2.38. The number of nitrogens with zero attached hydrogens (tertiary/aromatic N) is 2. The van der Waals surface area contributed by atoms with E-state index >= 15 is 0 Å². The van der Waals surface area contributed by atoms with Crippen LogP contribution in [0.2, 0.25) is 0 Å². The molecular formula is C16H24N2O4S. The number of aromatic carboxylic acids is 1. The molecule has 6 nitrogen and oxygen atoms in total. The number of hydrogen-bond donors (Lipinski definition) is 1. The Kier molecular flexibility index (Phi) is 5.44. The van der Waals surface area contributed by atoms with Crippen molar-refractivity contribution < 1.29 is 18.3 Å². The summed E-state index contributed by atoms with van der Waals surface area (Å²) >= 11 is 0. The van der Waals surface area contributed by atoms with Gasteiger partial charge in [-0.1, -0.05) is 19.9 Å². The van der Waals surface area contributed by atoms with Crippen LogP contribution < -0.4 is 0 Å². The van der Waals surface area contributed by atoms with Crippen LogP contribution in [0.5, 0.6) is 0 Å². The molecule has 2 rings (SSSR count). The van der Waals surface area contributed by atoms with Crippen molar-refractivity contribution in [3.05, 3.63) is 29.3 Å². The van der Waals surface area contributed by atoms with E-state index in [0.717, 1.165) is 19.5 Å². The summed E-state index contributed by atoms with van der Waals surface area (Å²) in [4.78, 5) is 13.6. The number of rotatable bonds is 6. The zero-order valence-corrected chi connectivity index (χ0v) is 14.6. The van der Waals surface area contributed by atoms with Crippen molar-refractivity contribution in [2.24, 2.45) is 0 Å². The molecule has 0 spiro atoms. The van der Waals surface area contributed by atoms with Crippen LogP contribution in [0.15, 0.2) is 23.1 Å². The first kappa shape index (κ1) is 17.9. The van der Waals surface area contributed by atoms with E-state index in [1.165, 1.54) is 22.5 Å². The molecular weight excluding hydrogens is 316 g/mol. The van der Waals surface area contributed by atoms with Crippen molar-refractivity contribution >= 4 is 16.0 Å². The highest BCUT2D eigenvalue weighted by molar-refractivity contribution is 7.89. The van der Waals surface area contributed by atoms with Gasteiger partial charge in [0, 0.05) is 19.1 Å². The lowest BCUT2D eigenvalue weighted by molar-refractivity contribution is 0.0696. The van der Waals surface area contributed by atoms with E-state index < -0.39 is 16.0 Å². The average Bonchev–Trinajstić information content (AvgIpc) is 2.99. The molecule has 0 amide bonds. The summed E-state index contributed by atoms with van der Waals surface area (Å²) in [6.07, 6.45) is 0.804. The third-order valence-electron chi connectivity index (χ3n) is 4.59. The number of benzene rings is 1. The molecule has 1 fully saturated rings. The van der Waals surface area contributed by atoms with Gasteiger partial charge in [0.1, 0.15) is 0 Å². The maximum atomic E-state index is 12.9. The SMILES string of the molecule is CCN(CC)C1CCN(S(=O)(=O)c2cccc(C(=O)O)c2C)C1. The maximum Gasteiger partial charge on any atom is 0.335 e. The Hall–Kier alpha value is -1.44. The Morgan fingerprint density at radius 1 is 1.35 bits per heavy atom. The van der Waals surface area contributed by atoms with E-state index in [1.54, 1.807) is 6.92 Å².